The molecule has 0 aliphatic rings. The highest BCUT2D eigenvalue weighted by Crippen LogP contribution is 2.22. The summed E-state index contributed by atoms with van der Waals surface area (Å²) < 4.78 is 27.5. The molecule has 21 heavy (non-hydrogen) atoms. The predicted molar refractivity (Wildman–Crippen MR) is 82.9 cm³/mol. The molecule has 0 saturated carbocycles. The van der Waals surface area contributed by atoms with Crippen LogP contribution in [0, 0.1) is 13.8 Å². The van der Waals surface area contributed by atoms with Crippen LogP contribution >= 0.6 is 0 Å². The molecule has 0 saturated heterocycles. The van der Waals surface area contributed by atoms with Crippen molar-refractivity contribution in [3.63, 3.8) is 0 Å². The van der Waals surface area contributed by atoms with Crippen LogP contribution in [-0.2, 0) is 10.0 Å². The maximum absolute atomic E-state index is 12.5. The van der Waals surface area contributed by atoms with E-state index in [1.807, 2.05) is 26.8 Å². The van der Waals surface area contributed by atoms with Crippen LogP contribution in [0.15, 0.2) is 35.5 Å². The van der Waals surface area contributed by atoms with Crippen LogP contribution < -0.4 is 10.0 Å². The Morgan fingerprint density at radius 1 is 1.24 bits per heavy atom. The summed E-state index contributed by atoms with van der Waals surface area (Å²) in [6, 6.07) is 5.20. The van der Waals surface area contributed by atoms with Gasteiger partial charge in [-0.15, -0.1) is 0 Å². The van der Waals surface area contributed by atoms with Crippen molar-refractivity contribution in [1.29, 1.82) is 0 Å². The number of pyridine rings is 2. The third-order valence-electron chi connectivity index (χ3n) is 2.78. The highest BCUT2D eigenvalue weighted by Gasteiger charge is 2.19. The number of sulfonamides is 1. The van der Waals surface area contributed by atoms with Crippen molar-refractivity contribution in [3.05, 3.63) is 41.9 Å². The zero-order valence-electron chi connectivity index (χ0n) is 12.2. The van der Waals surface area contributed by atoms with Crippen LogP contribution in [0.1, 0.15) is 18.2 Å². The lowest BCUT2D eigenvalue weighted by Gasteiger charge is -2.12. The minimum atomic E-state index is -3.74. The summed E-state index contributed by atoms with van der Waals surface area (Å²) >= 11 is 0. The van der Waals surface area contributed by atoms with Crippen LogP contribution in [0.2, 0.25) is 0 Å². The first-order chi connectivity index (χ1) is 9.92. The van der Waals surface area contributed by atoms with Gasteiger partial charge in [0.1, 0.15) is 10.7 Å². The van der Waals surface area contributed by atoms with Crippen molar-refractivity contribution in [2.75, 3.05) is 16.6 Å². The Morgan fingerprint density at radius 2 is 2.00 bits per heavy atom. The van der Waals surface area contributed by atoms with Crippen LogP contribution in [0.4, 0.5) is 11.5 Å². The summed E-state index contributed by atoms with van der Waals surface area (Å²) in [5.41, 5.74) is 2.22. The zero-order chi connectivity index (χ0) is 15.5. The summed E-state index contributed by atoms with van der Waals surface area (Å²) in [5.74, 6) is 0.304. The van der Waals surface area contributed by atoms with Crippen molar-refractivity contribution in [2.24, 2.45) is 0 Å². The van der Waals surface area contributed by atoms with E-state index in [0.717, 1.165) is 11.3 Å². The predicted octanol–water partition coefficient (Wildman–Crippen LogP) is 2.33. The molecule has 2 N–H and O–H groups in total. The van der Waals surface area contributed by atoms with Crippen molar-refractivity contribution in [3.8, 4) is 0 Å². The molecule has 0 aliphatic carbocycles. The Hall–Kier alpha value is -2.15. The molecule has 0 aliphatic heterocycles. The van der Waals surface area contributed by atoms with Gasteiger partial charge >= 0.3 is 0 Å². The fourth-order valence-electron chi connectivity index (χ4n) is 2.02. The lowest BCUT2D eigenvalue weighted by molar-refractivity contribution is 0.601. The molecule has 0 radical (unpaired) electrons. The van der Waals surface area contributed by atoms with Crippen molar-refractivity contribution in [2.45, 2.75) is 25.7 Å². The third kappa shape index (κ3) is 3.69. The Morgan fingerprint density at radius 3 is 2.67 bits per heavy atom. The molecule has 0 atom stereocenters. The van der Waals surface area contributed by atoms with Gasteiger partial charge in [0.25, 0.3) is 10.0 Å². The quantitative estimate of drug-likeness (QED) is 0.885. The molecule has 0 bridgehead atoms. The minimum absolute atomic E-state index is 0.104. The smallest absolute Gasteiger partial charge is 0.266 e. The first kappa shape index (κ1) is 15.2. The first-order valence-electron chi connectivity index (χ1n) is 6.58. The topological polar surface area (TPSA) is 84.0 Å². The molecule has 2 aromatic heterocycles. The number of nitrogens with one attached hydrogen (secondary N) is 2. The molecule has 0 aromatic carbocycles. The molecule has 0 amide bonds. The number of aryl methyl sites for hydroxylation is 2. The molecular weight excluding hydrogens is 288 g/mol. The molecule has 0 unspecified atom stereocenters. The average Bonchev–Trinajstić information content (AvgIpc) is 2.37. The van der Waals surface area contributed by atoms with Gasteiger partial charge in [0, 0.05) is 24.6 Å². The Balaban J connectivity index is 2.38. The molecule has 0 spiro atoms. The fourth-order valence-corrected chi connectivity index (χ4v) is 3.14. The monoisotopic (exact) mass is 306 g/mol. The highest BCUT2D eigenvalue weighted by atomic mass is 32.2. The first-order valence-corrected chi connectivity index (χ1v) is 8.06. The molecule has 112 valence electrons. The van der Waals surface area contributed by atoms with E-state index >= 15 is 0 Å². The maximum Gasteiger partial charge on any atom is 0.266 e. The number of anilines is 2. The number of hydrogen-bond acceptors (Lipinski definition) is 5. The second-order valence-corrected chi connectivity index (χ2v) is 6.33. The summed E-state index contributed by atoms with van der Waals surface area (Å²) in [4.78, 5) is 8.18. The van der Waals surface area contributed by atoms with Crippen LogP contribution in [0.5, 0.6) is 0 Å². The van der Waals surface area contributed by atoms with Crippen LogP contribution in [0.25, 0.3) is 0 Å². The lowest BCUT2D eigenvalue weighted by atomic mass is 10.2. The largest absolute Gasteiger partial charge is 0.384 e. The standard InChI is InChI=1S/C14H18N4O2S/c1-4-16-12-5-6-15-9-13(12)21(19,20)18-14-8-10(2)7-11(3)17-14/h5-9H,4H2,1-3H3,(H,15,16)(H,17,18). The SMILES string of the molecule is CCNc1ccncc1S(=O)(=O)Nc1cc(C)cc(C)n1. The maximum atomic E-state index is 12.5. The minimum Gasteiger partial charge on any atom is -0.384 e. The van der Waals surface area contributed by atoms with E-state index in [1.165, 1.54) is 6.20 Å². The van der Waals surface area contributed by atoms with E-state index in [4.69, 9.17) is 0 Å². The number of aromatic nitrogens is 2. The summed E-state index contributed by atoms with van der Waals surface area (Å²) in [6.45, 7) is 6.23. The summed E-state index contributed by atoms with van der Waals surface area (Å²) in [7, 11) is -3.74. The molecule has 2 heterocycles. The Bertz CT molecular complexity index is 724. The molecular formula is C14H18N4O2S. The zero-order valence-corrected chi connectivity index (χ0v) is 13.0. The molecule has 2 rings (SSSR count). The molecule has 2 aromatic rings. The van der Waals surface area contributed by atoms with Gasteiger partial charge in [0.15, 0.2) is 0 Å². The summed E-state index contributed by atoms with van der Waals surface area (Å²) in [6.07, 6.45) is 2.87. The van der Waals surface area contributed by atoms with Crippen LogP contribution in [0.3, 0.4) is 0 Å². The second kappa shape index (κ2) is 6.09. The van der Waals surface area contributed by atoms with Gasteiger partial charge in [0.05, 0.1) is 5.69 Å². The van der Waals surface area contributed by atoms with Crippen molar-refractivity contribution >= 4 is 21.5 Å². The third-order valence-corrected chi connectivity index (χ3v) is 4.16. The van der Waals surface area contributed by atoms with E-state index in [1.54, 1.807) is 18.3 Å². The second-order valence-electron chi connectivity index (χ2n) is 4.68. The normalized spacial score (nSPS) is 11.2. The van der Waals surface area contributed by atoms with E-state index in [2.05, 4.69) is 20.0 Å². The molecule has 7 heteroatoms. The fraction of sp³-hybridized carbons (Fsp3) is 0.286. The highest BCUT2D eigenvalue weighted by molar-refractivity contribution is 7.92. The molecule has 0 fully saturated rings. The van der Waals surface area contributed by atoms with E-state index < -0.39 is 10.0 Å². The Labute approximate surface area is 124 Å². The van der Waals surface area contributed by atoms with Crippen molar-refractivity contribution < 1.29 is 8.42 Å². The van der Waals surface area contributed by atoms with Gasteiger partial charge in [-0.25, -0.2) is 13.4 Å². The Kier molecular flexibility index (Phi) is 4.42. The van der Waals surface area contributed by atoms with E-state index in [-0.39, 0.29) is 4.90 Å². The number of hydrogen-bond donors (Lipinski definition) is 2. The van der Waals surface area contributed by atoms with Gasteiger partial charge in [0.2, 0.25) is 0 Å². The number of nitrogens with zero attached hydrogens (tertiary/aromatic N) is 2. The van der Waals surface area contributed by atoms with Gasteiger partial charge < -0.3 is 5.32 Å². The van der Waals surface area contributed by atoms with Crippen molar-refractivity contribution in [1.82, 2.24) is 9.97 Å². The van der Waals surface area contributed by atoms with Gasteiger partial charge in [-0.05, 0) is 44.5 Å². The van der Waals surface area contributed by atoms with Crippen LogP contribution in [-0.4, -0.2) is 24.9 Å². The average molecular weight is 306 g/mol. The molecule has 6 nitrogen and oxygen atoms in total. The van der Waals surface area contributed by atoms with E-state index in [0.29, 0.717) is 18.1 Å². The van der Waals surface area contributed by atoms with Gasteiger partial charge in [-0.3, -0.25) is 9.71 Å². The van der Waals surface area contributed by atoms with Gasteiger partial charge in [-0.1, -0.05) is 0 Å². The van der Waals surface area contributed by atoms with Gasteiger partial charge in [-0.2, -0.15) is 0 Å². The number of rotatable bonds is 5. The lowest BCUT2D eigenvalue weighted by Crippen LogP contribution is -2.16. The van der Waals surface area contributed by atoms with E-state index in [9.17, 15) is 8.42 Å². The summed E-state index contributed by atoms with van der Waals surface area (Å²) in [5, 5.41) is 3.01.